The topological polar surface area (TPSA) is 112 Å². The number of aliphatic hydroxyl groups is 2. The molecule has 0 heterocycles. The molecule has 8 atom stereocenters. The van der Waals surface area contributed by atoms with Crippen molar-refractivity contribution in [1.82, 2.24) is 0 Å². The summed E-state index contributed by atoms with van der Waals surface area (Å²) in [7, 11) is 0. The van der Waals surface area contributed by atoms with Crippen LogP contribution in [0.4, 0.5) is 0 Å². The number of carboxylic acid groups (broad SMARTS) is 1. The molecular weight excluding hydrogens is 444 g/mol. The summed E-state index contributed by atoms with van der Waals surface area (Å²) in [4.78, 5) is 38.6. The van der Waals surface area contributed by atoms with Crippen molar-refractivity contribution in [2.75, 3.05) is 6.61 Å². The van der Waals surface area contributed by atoms with Crippen LogP contribution >= 0.6 is 0 Å². The number of carbonyl (C=O) groups is 3. The molecule has 0 aliphatic heterocycles. The first-order valence-electron chi connectivity index (χ1n) is 12.9. The van der Waals surface area contributed by atoms with Crippen molar-refractivity contribution in [1.29, 1.82) is 0 Å². The molecule has 0 spiro atoms. The van der Waals surface area contributed by atoms with E-state index >= 15 is 0 Å². The number of aliphatic hydroxyl groups excluding tert-OH is 2. The van der Waals surface area contributed by atoms with Crippen LogP contribution in [0.3, 0.4) is 0 Å². The summed E-state index contributed by atoms with van der Waals surface area (Å²) in [6.07, 6.45) is 5.31. The van der Waals surface area contributed by atoms with E-state index < -0.39 is 41.2 Å². The maximum atomic E-state index is 13.7. The summed E-state index contributed by atoms with van der Waals surface area (Å²) >= 11 is 0. The van der Waals surface area contributed by atoms with E-state index in [1.807, 2.05) is 13.0 Å². The highest BCUT2D eigenvalue weighted by Gasteiger charge is 2.71. The van der Waals surface area contributed by atoms with Crippen LogP contribution < -0.4 is 0 Å². The van der Waals surface area contributed by atoms with Gasteiger partial charge in [-0.05, 0) is 78.7 Å². The van der Waals surface area contributed by atoms with Crippen molar-refractivity contribution in [3.8, 4) is 0 Å². The van der Waals surface area contributed by atoms with Crippen molar-refractivity contribution >= 4 is 17.5 Å². The number of rotatable bonds is 5. The number of carbonyl (C=O) groups excluding carboxylic acids is 2. The third kappa shape index (κ3) is 3.25. The van der Waals surface area contributed by atoms with Gasteiger partial charge in [-0.1, -0.05) is 49.8 Å². The van der Waals surface area contributed by atoms with E-state index in [0.717, 1.165) is 24.8 Å². The van der Waals surface area contributed by atoms with E-state index in [0.29, 0.717) is 31.2 Å². The van der Waals surface area contributed by atoms with Crippen molar-refractivity contribution < 1.29 is 29.7 Å². The molecule has 3 N–H and O–H groups in total. The Morgan fingerprint density at radius 1 is 1.09 bits per heavy atom. The van der Waals surface area contributed by atoms with Crippen LogP contribution in [0.1, 0.15) is 70.3 Å². The zero-order valence-electron chi connectivity index (χ0n) is 20.6. The maximum Gasteiger partial charge on any atom is 0.312 e. The third-order valence-electron chi connectivity index (χ3n) is 10.7. The molecule has 4 aliphatic rings. The normalized spacial score (nSPS) is 41.3. The first kappa shape index (κ1) is 24.4. The summed E-state index contributed by atoms with van der Waals surface area (Å²) in [5.74, 6) is -2.26. The van der Waals surface area contributed by atoms with E-state index in [2.05, 4.69) is 6.92 Å². The summed E-state index contributed by atoms with van der Waals surface area (Å²) in [5, 5.41) is 32.3. The highest BCUT2D eigenvalue weighted by atomic mass is 16.4. The van der Waals surface area contributed by atoms with Gasteiger partial charge in [-0.3, -0.25) is 14.4 Å². The molecule has 5 rings (SSSR count). The van der Waals surface area contributed by atoms with Crippen molar-refractivity contribution in [2.45, 2.75) is 70.8 Å². The molecule has 3 saturated carbocycles. The van der Waals surface area contributed by atoms with E-state index in [-0.39, 0.29) is 29.0 Å². The molecule has 6 heteroatoms. The number of hydrogen-bond donors (Lipinski definition) is 3. The Bertz CT molecular complexity index is 1080. The molecule has 188 valence electrons. The summed E-state index contributed by atoms with van der Waals surface area (Å²) in [5.41, 5.74) is -0.623. The summed E-state index contributed by atoms with van der Waals surface area (Å²) < 4.78 is 0. The Hall–Kier alpha value is -2.31. The van der Waals surface area contributed by atoms with Gasteiger partial charge < -0.3 is 15.3 Å². The molecule has 1 aromatic carbocycles. The number of benzene rings is 1. The maximum absolute atomic E-state index is 13.7. The van der Waals surface area contributed by atoms with Crippen molar-refractivity contribution in [3.05, 3.63) is 47.5 Å². The third-order valence-corrected chi connectivity index (χ3v) is 10.7. The zero-order chi connectivity index (χ0) is 25.2. The molecular formula is C29H36O6. The van der Waals surface area contributed by atoms with Gasteiger partial charge in [0.25, 0.3) is 0 Å². The minimum atomic E-state index is -1.30. The SMILES string of the molecule is CC12CCC(=O)C=C1CCC1C2C(O)CC2(C)C1CCC2(C(=O)CO)C(C(=O)O)c1ccccc1. The Kier molecular flexibility index (Phi) is 5.84. The van der Waals surface area contributed by atoms with E-state index in [1.54, 1.807) is 30.3 Å². The molecule has 35 heavy (non-hydrogen) atoms. The Balaban J connectivity index is 1.63. The number of hydrogen-bond acceptors (Lipinski definition) is 5. The number of aliphatic carboxylic acids is 1. The second-order valence-corrected chi connectivity index (χ2v) is 11.9. The van der Waals surface area contributed by atoms with Gasteiger partial charge in [0.15, 0.2) is 11.6 Å². The highest BCUT2D eigenvalue weighted by Crippen LogP contribution is 2.72. The zero-order valence-corrected chi connectivity index (χ0v) is 20.6. The first-order valence-corrected chi connectivity index (χ1v) is 12.9. The number of fused-ring (bicyclic) bond motifs is 5. The molecule has 4 aliphatic carbocycles. The van der Waals surface area contributed by atoms with Crippen LogP contribution in [0.25, 0.3) is 0 Å². The molecule has 0 amide bonds. The number of carboxylic acids is 1. The monoisotopic (exact) mass is 480 g/mol. The van der Waals surface area contributed by atoms with Gasteiger partial charge in [0.05, 0.1) is 17.4 Å². The number of ketones is 2. The molecule has 8 unspecified atom stereocenters. The molecule has 0 bridgehead atoms. The van der Waals surface area contributed by atoms with Crippen LogP contribution in [-0.4, -0.2) is 45.6 Å². The molecule has 0 saturated heterocycles. The number of Topliss-reactive ketones (excluding diaryl/α,β-unsaturated/α-hetero) is 1. The lowest BCUT2D eigenvalue weighted by molar-refractivity contribution is -0.174. The molecule has 3 fully saturated rings. The fourth-order valence-corrected chi connectivity index (χ4v) is 9.27. The van der Waals surface area contributed by atoms with Gasteiger partial charge in [0.1, 0.15) is 6.61 Å². The second kappa shape index (κ2) is 8.38. The predicted molar refractivity (Wildman–Crippen MR) is 129 cm³/mol. The molecule has 6 nitrogen and oxygen atoms in total. The largest absolute Gasteiger partial charge is 0.481 e. The lowest BCUT2D eigenvalue weighted by Crippen LogP contribution is -2.61. The quantitative estimate of drug-likeness (QED) is 0.589. The Morgan fingerprint density at radius 3 is 2.46 bits per heavy atom. The van der Waals surface area contributed by atoms with Crippen LogP contribution in [0, 0.1) is 34.0 Å². The number of allylic oxidation sites excluding steroid dienone is 1. The summed E-state index contributed by atoms with van der Waals surface area (Å²) in [6, 6.07) is 8.88. The fourth-order valence-electron chi connectivity index (χ4n) is 9.27. The lowest BCUT2D eigenvalue weighted by atomic mass is 9.42. The van der Waals surface area contributed by atoms with E-state index in [1.165, 1.54) is 0 Å². The average molecular weight is 481 g/mol. The van der Waals surface area contributed by atoms with Gasteiger partial charge in [0, 0.05) is 6.42 Å². The van der Waals surface area contributed by atoms with Gasteiger partial charge in [0.2, 0.25) is 0 Å². The minimum absolute atomic E-state index is 0.0197. The smallest absolute Gasteiger partial charge is 0.312 e. The van der Waals surface area contributed by atoms with E-state index in [9.17, 15) is 29.7 Å². The van der Waals surface area contributed by atoms with Crippen molar-refractivity contribution in [2.24, 2.45) is 34.0 Å². The first-order chi connectivity index (χ1) is 16.6. The van der Waals surface area contributed by atoms with Crippen LogP contribution in [0.15, 0.2) is 42.0 Å². The van der Waals surface area contributed by atoms with Gasteiger partial charge in [-0.15, -0.1) is 0 Å². The summed E-state index contributed by atoms with van der Waals surface area (Å²) in [6.45, 7) is 3.46. The Morgan fingerprint density at radius 2 is 1.80 bits per heavy atom. The van der Waals surface area contributed by atoms with Crippen LogP contribution in [-0.2, 0) is 14.4 Å². The predicted octanol–water partition coefficient (Wildman–Crippen LogP) is 3.91. The average Bonchev–Trinajstić information content (AvgIpc) is 3.12. The van der Waals surface area contributed by atoms with Gasteiger partial charge in [-0.2, -0.15) is 0 Å². The Labute approximate surface area is 206 Å². The standard InChI is InChI=1S/C29H36O6/c1-27-12-10-19(31)14-18(27)8-9-20-21-11-13-29(23(33)16-30,28(21,2)15-22(32)25(20)27)24(26(34)35)17-6-4-3-5-7-17/h3-7,14,20-22,24-25,30,32H,8-13,15-16H2,1-2H3,(H,34,35). The lowest BCUT2D eigenvalue weighted by Gasteiger charge is -2.61. The molecule has 1 aromatic rings. The van der Waals surface area contributed by atoms with Gasteiger partial charge >= 0.3 is 5.97 Å². The van der Waals surface area contributed by atoms with Crippen LogP contribution in [0.2, 0.25) is 0 Å². The molecule has 0 aromatic heterocycles. The molecule has 0 radical (unpaired) electrons. The van der Waals surface area contributed by atoms with Crippen molar-refractivity contribution in [3.63, 3.8) is 0 Å². The van der Waals surface area contributed by atoms with Crippen LogP contribution in [0.5, 0.6) is 0 Å². The van der Waals surface area contributed by atoms with Gasteiger partial charge in [-0.25, -0.2) is 0 Å². The second-order valence-electron chi connectivity index (χ2n) is 11.9. The van der Waals surface area contributed by atoms with E-state index in [4.69, 9.17) is 0 Å². The highest BCUT2D eigenvalue weighted by molar-refractivity contribution is 5.94. The fraction of sp³-hybridized carbons (Fsp3) is 0.621. The minimum Gasteiger partial charge on any atom is -0.481 e.